The molecule has 8 heavy (non-hydrogen) atoms. The number of rotatable bonds is 3. The molecule has 0 atom stereocenters. The second kappa shape index (κ2) is 4.90. The van der Waals surface area contributed by atoms with E-state index < -0.39 is 0 Å². The molecule has 0 bridgehead atoms. The van der Waals surface area contributed by atoms with Crippen molar-refractivity contribution in [3.8, 4) is 0 Å². The van der Waals surface area contributed by atoms with Crippen molar-refractivity contribution >= 4 is 21.9 Å². The minimum atomic E-state index is 0.172. The lowest BCUT2D eigenvalue weighted by atomic mass is 10.5. The Hall–Kier alpha value is -0.250. The Morgan fingerprint density at radius 2 is 2.12 bits per heavy atom. The van der Waals surface area contributed by atoms with Crippen molar-refractivity contribution in [1.82, 2.24) is 0 Å². The van der Waals surface area contributed by atoms with Crippen LogP contribution in [0.2, 0.25) is 0 Å². The van der Waals surface area contributed by atoms with Crippen molar-refractivity contribution in [3.05, 3.63) is 0 Å². The number of guanidine groups is 1. The molecule has 48 valence electrons. The number of halogens is 1. The highest BCUT2D eigenvalue weighted by Crippen LogP contribution is 1.86. The molecule has 0 aliphatic carbocycles. The van der Waals surface area contributed by atoms with Gasteiger partial charge in [-0.3, -0.25) is 4.99 Å². The van der Waals surface area contributed by atoms with Crippen LogP contribution in [-0.2, 0) is 0 Å². The van der Waals surface area contributed by atoms with Crippen molar-refractivity contribution in [2.75, 3.05) is 11.9 Å². The van der Waals surface area contributed by atoms with Crippen molar-refractivity contribution in [1.29, 1.82) is 0 Å². The van der Waals surface area contributed by atoms with Gasteiger partial charge in [0.1, 0.15) is 0 Å². The van der Waals surface area contributed by atoms with Crippen LogP contribution in [0.25, 0.3) is 0 Å². The molecule has 0 aromatic rings. The maximum atomic E-state index is 5.05. The number of hydrogen-bond donors (Lipinski definition) is 2. The molecule has 4 heteroatoms. The van der Waals surface area contributed by atoms with Gasteiger partial charge in [-0.1, -0.05) is 15.9 Å². The van der Waals surface area contributed by atoms with Crippen LogP contribution in [0.1, 0.15) is 6.42 Å². The van der Waals surface area contributed by atoms with Crippen LogP contribution in [0, 0.1) is 0 Å². The lowest BCUT2D eigenvalue weighted by Gasteiger charge is -1.89. The number of nitrogens with two attached hydrogens (primary N) is 2. The molecule has 0 amide bonds. The SMILES string of the molecule is NC(N)=NCCCBr. The smallest absolute Gasteiger partial charge is 0.185 e. The third-order valence-electron chi connectivity index (χ3n) is 0.586. The van der Waals surface area contributed by atoms with Gasteiger partial charge in [0.15, 0.2) is 5.96 Å². The van der Waals surface area contributed by atoms with E-state index in [0.717, 1.165) is 11.8 Å². The van der Waals surface area contributed by atoms with E-state index in [-0.39, 0.29) is 5.96 Å². The molecule has 0 unspecified atom stereocenters. The Labute approximate surface area is 57.3 Å². The monoisotopic (exact) mass is 179 g/mol. The molecule has 0 radical (unpaired) electrons. The first-order valence-corrected chi connectivity index (χ1v) is 3.51. The summed E-state index contributed by atoms with van der Waals surface area (Å²) in [4.78, 5) is 3.76. The molecule has 0 spiro atoms. The highest BCUT2D eigenvalue weighted by molar-refractivity contribution is 9.09. The second-order valence-corrected chi connectivity index (χ2v) is 2.14. The topological polar surface area (TPSA) is 64.4 Å². The lowest BCUT2D eigenvalue weighted by Crippen LogP contribution is -2.22. The molecule has 4 N–H and O–H groups in total. The molecule has 0 aromatic heterocycles. The molecule has 0 saturated carbocycles. The Morgan fingerprint density at radius 3 is 2.50 bits per heavy atom. The van der Waals surface area contributed by atoms with Gasteiger partial charge >= 0.3 is 0 Å². The summed E-state index contributed by atoms with van der Waals surface area (Å²) in [6.45, 7) is 0.716. The van der Waals surface area contributed by atoms with E-state index in [1.54, 1.807) is 0 Å². The summed E-state index contributed by atoms with van der Waals surface area (Å²) >= 11 is 3.25. The quantitative estimate of drug-likeness (QED) is 0.279. The maximum absolute atomic E-state index is 5.05. The fourth-order valence-electron chi connectivity index (χ4n) is 0.268. The summed E-state index contributed by atoms with van der Waals surface area (Å²) in [7, 11) is 0. The van der Waals surface area contributed by atoms with Crippen molar-refractivity contribution in [3.63, 3.8) is 0 Å². The third-order valence-corrected chi connectivity index (χ3v) is 1.15. The molecule has 0 aliphatic rings. The minimum absolute atomic E-state index is 0.172. The Kier molecular flexibility index (Phi) is 4.75. The lowest BCUT2D eigenvalue weighted by molar-refractivity contribution is 0.944. The Balaban J connectivity index is 3.03. The molecule has 3 nitrogen and oxygen atoms in total. The van der Waals surface area contributed by atoms with Gasteiger partial charge in [-0.05, 0) is 6.42 Å². The minimum Gasteiger partial charge on any atom is -0.370 e. The highest BCUT2D eigenvalue weighted by Gasteiger charge is 1.79. The number of hydrogen-bond acceptors (Lipinski definition) is 1. The van der Waals surface area contributed by atoms with Gasteiger partial charge in [-0.15, -0.1) is 0 Å². The average molecular weight is 180 g/mol. The average Bonchev–Trinajstić information content (AvgIpc) is 1.66. The van der Waals surface area contributed by atoms with Crippen LogP contribution < -0.4 is 11.5 Å². The van der Waals surface area contributed by atoms with E-state index in [0.29, 0.717) is 6.54 Å². The normalized spacial score (nSPS) is 8.62. The molecule has 0 heterocycles. The van der Waals surface area contributed by atoms with Crippen molar-refractivity contribution < 1.29 is 0 Å². The summed E-state index contributed by atoms with van der Waals surface area (Å²) in [5, 5.41) is 0.948. The summed E-state index contributed by atoms with van der Waals surface area (Å²) in [6, 6.07) is 0. The summed E-state index contributed by atoms with van der Waals surface area (Å²) < 4.78 is 0. The number of alkyl halides is 1. The highest BCUT2D eigenvalue weighted by atomic mass is 79.9. The van der Waals surface area contributed by atoms with Crippen LogP contribution in [0.5, 0.6) is 0 Å². The summed E-state index contributed by atoms with van der Waals surface area (Å²) in [5.41, 5.74) is 10.1. The van der Waals surface area contributed by atoms with Gasteiger partial charge in [0.05, 0.1) is 0 Å². The predicted molar refractivity (Wildman–Crippen MR) is 39.1 cm³/mol. The second-order valence-electron chi connectivity index (χ2n) is 1.35. The maximum Gasteiger partial charge on any atom is 0.185 e. The van der Waals surface area contributed by atoms with Crippen LogP contribution in [0.15, 0.2) is 4.99 Å². The summed E-state index contributed by atoms with van der Waals surface area (Å²) in [6.07, 6.45) is 0.984. The van der Waals surface area contributed by atoms with Crippen LogP contribution >= 0.6 is 15.9 Å². The largest absolute Gasteiger partial charge is 0.370 e. The van der Waals surface area contributed by atoms with Crippen LogP contribution in [0.4, 0.5) is 0 Å². The molecular weight excluding hydrogens is 170 g/mol. The molecule has 0 rings (SSSR count). The van der Waals surface area contributed by atoms with Gasteiger partial charge in [-0.2, -0.15) is 0 Å². The fraction of sp³-hybridized carbons (Fsp3) is 0.750. The zero-order valence-corrected chi connectivity index (χ0v) is 6.19. The van der Waals surface area contributed by atoms with E-state index in [2.05, 4.69) is 20.9 Å². The van der Waals surface area contributed by atoms with E-state index in [9.17, 15) is 0 Å². The Morgan fingerprint density at radius 1 is 1.50 bits per heavy atom. The molecule has 0 saturated heterocycles. The van der Waals surface area contributed by atoms with Crippen LogP contribution in [0.3, 0.4) is 0 Å². The molecule has 0 fully saturated rings. The van der Waals surface area contributed by atoms with Gasteiger partial charge in [0.2, 0.25) is 0 Å². The van der Waals surface area contributed by atoms with Gasteiger partial charge in [-0.25, -0.2) is 0 Å². The zero-order valence-electron chi connectivity index (χ0n) is 4.60. The van der Waals surface area contributed by atoms with Gasteiger partial charge in [0.25, 0.3) is 0 Å². The predicted octanol–water partition coefficient (Wildman–Crippen LogP) is 0.0448. The first kappa shape index (κ1) is 7.75. The van der Waals surface area contributed by atoms with Gasteiger partial charge < -0.3 is 11.5 Å². The van der Waals surface area contributed by atoms with E-state index >= 15 is 0 Å². The first-order valence-electron chi connectivity index (χ1n) is 2.38. The molecule has 0 aliphatic heterocycles. The van der Waals surface area contributed by atoms with E-state index in [4.69, 9.17) is 11.5 Å². The van der Waals surface area contributed by atoms with Crippen molar-refractivity contribution in [2.24, 2.45) is 16.5 Å². The zero-order chi connectivity index (χ0) is 6.41. The first-order chi connectivity index (χ1) is 3.77. The number of aliphatic imine (C=N–C) groups is 1. The van der Waals surface area contributed by atoms with E-state index in [1.165, 1.54) is 0 Å². The molecule has 0 aromatic carbocycles. The number of nitrogens with zero attached hydrogens (tertiary/aromatic N) is 1. The van der Waals surface area contributed by atoms with Crippen LogP contribution in [-0.4, -0.2) is 17.8 Å². The standard InChI is InChI=1S/C4H10BrN3/c5-2-1-3-8-4(6)7/h1-3H2,(H4,6,7,8). The third kappa shape index (κ3) is 5.75. The van der Waals surface area contributed by atoms with Crippen molar-refractivity contribution in [2.45, 2.75) is 6.42 Å². The van der Waals surface area contributed by atoms with E-state index in [1.807, 2.05) is 0 Å². The summed E-state index contributed by atoms with van der Waals surface area (Å²) in [5.74, 6) is 0.172. The van der Waals surface area contributed by atoms with Gasteiger partial charge in [0, 0.05) is 11.9 Å². The molecular formula is C4H10BrN3. The Bertz CT molecular complexity index is 77.4. The fourth-order valence-corrected chi connectivity index (χ4v) is 0.519.